The van der Waals surface area contributed by atoms with Crippen molar-refractivity contribution in [2.45, 2.75) is 51.5 Å². The molecule has 1 saturated carbocycles. The Hall–Kier alpha value is -1.34. The van der Waals surface area contributed by atoms with Crippen LogP contribution in [0.5, 0.6) is 0 Å². The van der Waals surface area contributed by atoms with Gasteiger partial charge in [-0.3, -0.25) is 14.4 Å². The van der Waals surface area contributed by atoms with Crippen molar-refractivity contribution in [1.82, 2.24) is 15.1 Å². The number of hydrogen-bond donors (Lipinski definition) is 2. The van der Waals surface area contributed by atoms with Gasteiger partial charge in [0, 0.05) is 51.6 Å². The van der Waals surface area contributed by atoms with Crippen LogP contribution in [-0.2, 0) is 14.4 Å². The van der Waals surface area contributed by atoms with Crippen LogP contribution in [0.15, 0.2) is 0 Å². The number of carbonyl (C=O) groups excluding carboxylic acids is 3. The number of hydrogen-bond acceptors (Lipinski definition) is 4. The van der Waals surface area contributed by atoms with Crippen LogP contribution < -0.4 is 11.1 Å². The molecule has 2 fully saturated rings. The molecule has 1 heterocycles. The first-order valence-corrected chi connectivity index (χ1v) is 8.91. The van der Waals surface area contributed by atoms with Crippen LogP contribution in [0.2, 0.25) is 0 Å². The normalized spacial score (nSPS) is 26.6. The summed E-state index contributed by atoms with van der Waals surface area (Å²) in [5, 5.41) is 2.87. The van der Waals surface area contributed by atoms with E-state index < -0.39 is 5.54 Å². The van der Waals surface area contributed by atoms with Crippen molar-refractivity contribution in [2.75, 3.05) is 32.7 Å². The van der Waals surface area contributed by atoms with Gasteiger partial charge in [-0.1, -0.05) is 12.8 Å². The third-order valence-electron chi connectivity index (χ3n) is 5.29. The van der Waals surface area contributed by atoms with Crippen molar-refractivity contribution in [1.29, 1.82) is 0 Å². The zero-order chi connectivity index (χ0) is 17.7. The van der Waals surface area contributed by atoms with Crippen molar-refractivity contribution in [3.63, 3.8) is 0 Å². The SMILES string of the molecule is CC(=O)N1CCN(C(=O)CCNC(=O)C2CCCCC2(C)N)CC1.Cl. The first-order chi connectivity index (χ1) is 11.3. The Kier molecular flexibility index (Phi) is 8.15. The predicted molar refractivity (Wildman–Crippen MR) is 98.3 cm³/mol. The molecule has 3 N–H and O–H groups in total. The average Bonchev–Trinajstić information content (AvgIpc) is 2.54. The molecule has 2 atom stereocenters. The van der Waals surface area contributed by atoms with Gasteiger partial charge in [0.05, 0.1) is 5.92 Å². The largest absolute Gasteiger partial charge is 0.355 e. The Labute approximate surface area is 156 Å². The minimum absolute atomic E-state index is 0. The number of nitrogens with one attached hydrogen (secondary N) is 1. The molecule has 3 amide bonds. The molecule has 0 spiro atoms. The quantitative estimate of drug-likeness (QED) is 0.749. The molecular weight excluding hydrogens is 344 g/mol. The maximum atomic E-state index is 12.3. The highest BCUT2D eigenvalue weighted by atomic mass is 35.5. The zero-order valence-electron chi connectivity index (χ0n) is 15.3. The summed E-state index contributed by atoms with van der Waals surface area (Å²) in [5.74, 6) is -0.126. The van der Waals surface area contributed by atoms with E-state index in [1.54, 1.807) is 16.7 Å². The Morgan fingerprint density at radius 1 is 1.12 bits per heavy atom. The van der Waals surface area contributed by atoms with Crippen LogP contribution >= 0.6 is 12.4 Å². The van der Waals surface area contributed by atoms with E-state index in [9.17, 15) is 14.4 Å². The summed E-state index contributed by atoms with van der Waals surface area (Å²) < 4.78 is 0. The number of nitrogens with two attached hydrogens (primary N) is 1. The van der Waals surface area contributed by atoms with Crippen LogP contribution in [0.1, 0.15) is 46.0 Å². The fraction of sp³-hybridized carbons (Fsp3) is 0.824. The summed E-state index contributed by atoms with van der Waals surface area (Å²) in [6, 6.07) is 0. The number of rotatable bonds is 4. The van der Waals surface area contributed by atoms with Crippen molar-refractivity contribution in [2.24, 2.45) is 11.7 Å². The molecule has 0 aromatic heterocycles. The van der Waals surface area contributed by atoms with E-state index in [0.29, 0.717) is 39.1 Å². The average molecular weight is 375 g/mol. The Morgan fingerprint density at radius 2 is 1.72 bits per heavy atom. The summed E-state index contributed by atoms with van der Waals surface area (Å²) >= 11 is 0. The van der Waals surface area contributed by atoms with Gasteiger partial charge in [0.25, 0.3) is 0 Å². The second-order valence-electron chi connectivity index (χ2n) is 7.23. The molecule has 1 aliphatic heterocycles. The number of amides is 3. The van der Waals surface area contributed by atoms with Gasteiger partial charge < -0.3 is 20.9 Å². The molecule has 0 radical (unpaired) electrons. The maximum absolute atomic E-state index is 12.3. The van der Waals surface area contributed by atoms with Crippen molar-refractivity contribution in [3.05, 3.63) is 0 Å². The lowest BCUT2D eigenvalue weighted by atomic mass is 9.74. The molecular formula is C17H31ClN4O3. The summed E-state index contributed by atoms with van der Waals surface area (Å²) in [7, 11) is 0. The van der Waals surface area contributed by atoms with E-state index >= 15 is 0 Å². The standard InChI is InChI=1S/C17H30N4O3.ClH/c1-13(22)20-9-11-21(12-10-20)15(23)6-8-19-16(24)14-5-3-4-7-17(14,2)18;/h14H,3-12,18H2,1-2H3,(H,19,24);1H. The van der Waals surface area contributed by atoms with E-state index in [1.807, 2.05) is 6.92 Å². The summed E-state index contributed by atoms with van der Waals surface area (Å²) in [5.41, 5.74) is 5.79. The van der Waals surface area contributed by atoms with E-state index in [-0.39, 0.29) is 36.0 Å². The molecule has 2 aliphatic rings. The molecule has 7 nitrogen and oxygen atoms in total. The molecule has 8 heteroatoms. The number of halogens is 1. The molecule has 25 heavy (non-hydrogen) atoms. The summed E-state index contributed by atoms with van der Waals surface area (Å²) in [4.78, 5) is 39.3. The molecule has 2 rings (SSSR count). The molecule has 1 aliphatic carbocycles. The predicted octanol–water partition coefficient (Wildman–Crippen LogP) is 0.513. The van der Waals surface area contributed by atoms with Gasteiger partial charge in [-0.15, -0.1) is 12.4 Å². The Balaban J connectivity index is 0.00000312. The van der Waals surface area contributed by atoms with Crippen LogP contribution in [-0.4, -0.2) is 65.8 Å². The third-order valence-corrected chi connectivity index (χ3v) is 5.29. The van der Waals surface area contributed by atoms with Gasteiger partial charge in [-0.25, -0.2) is 0 Å². The summed E-state index contributed by atoms with van der Waals surface area (Å²) in [6.45, 7) is 6.13. The Morgan fingerprint density at radius 3 is 2.28 bits per heavy atom. The maximum Gasteiger partial charge on any atom is 0.224 e. The molecule has 0 bridgehead atoms. The highest BCUT2D eigenvalue weighted by Gasteiger charge is 2.37. The lowest BCUT2D eigenvalue weighted by Crippen LogP contribution is -2.53. The van der Waals surface area contributed by atoms with Gasteiger partial charge in [0.2, 0.25) is 17.7 Å². The van der Waals surface area contributed by atoms with Gasteiger partial charge >= 0.3 is 0 Å². The van der Waals surface area contributed by atoms with Crippen LogP contribution in [0.3, 0.4) is 0 Å². The lowest BCUT2D eigenvalue weighted by Gasteiger charge is -2.37. The van der Waals surface area contributed by atoms with Crippen molar-refractivity contribution in [3.8, 4) is 0 Å². The highest BCUT2D eigenvalue weighted by Crippen LogP contribution is 2.31. The van der Waals surface area contributed by atoms with E-state index in [2.05, 4.69) is 5.32 Å². The molecule has 144 valence electrons. The zero-order valence-corrected chi connectivity index (χ0v) is 16.1. The smallest absolute Gasteiger partial charge is 0.224 e. The van der Waals surface area contributed by atoms with Gasteiger partial charge in [-0.05, 0) is 19.8 Å². The highest BCUT2D eigenvalue weighted by molar-refractivity contribution is 5.85. The van der Waals surface area contributed by atoms with E-state index in [1.165, 1.54) is 0 Å². The van der Waals surface area contributed by atoms with Crippen LogP contribution in [0.4, 0.5) is 0 Å². The monoisotopic (exact) mass is 374 g/mol. The van der Waals surface area contributed by atoms with Crippen LogP contribution in [0, 0.1) is 5.92 Å². The van der Waals surface area contributed by atoms with Crippen molar-refractivity contribution < 1.29 is 14.4 Å². The molecule has 1 saturated heterocycles. The Bertz CT molecular complexity index is 490. The molecule has 2 unspecified atom stereocenters. The van der Waals surface area contributed by atoms with Gasteiger partial charge in [0.15, 0.2) is 0 Å². The van der Waals surface area contributed by atoms with E-state index in [4.69, 9.17) is 5.73 Å². The topological polar surface area (TPSA) is 95.7 Å². The van der Waals surface area contributed by atoms with Crippen molar-refractivity contribution >= 4 is 30.1 Å². The summed E-state index contributed by atoms with van der Waals surface area (Å²) in [6.07, 6.45) is 4.08. The second kappa shape index (κ2) is 9.38. The number of nitrogens with zero attached hydrogens (tertiary/aromatic N) is 2. The first kappa shape index (κ1) is 21.7. The number of carbonyl (C=O) groups is 3. The third kappa shape index (κ3) is 5.85. The van der Waals surface area contributed by atoms with E-state index in [0.717, 1.165) is 25.7 Å². The fourth-order valence-electron chi connectivity index (χ4n) is 3.63. The lowest BCUT2D eigenvalue weighted by molar-refractivity contribution is -0.138. The van der Waals surface area contributed by atoms with Gasteiger partial charge in [0.1, 0.15) is 0 Å². The molecule has 0 aromatic rings. The fourth-order valence-corrected chi connectivity index (χ4v) is 3.63. The first-order valence-electron chi connectivity index (χ1n) is 8.91. The van der Waals surface area contributed by atoms with Crippen LogP contribution in [0.25, 0.3) is 0 Å². The minimum atomic E-state index is -0.449. The minimum Gasteiger partial charge on any atom is -0.355 e. The number of piperazine rings is 1. The molecule has 0 aromatic carbocycles. The second-order valence-corrected chi connectivity index (χ2v) is 7.23. The van der Waals surface area contributed by atoms with Gasteiger partial charge in [-0.2, -0.15) is 0 Å².